The smallest absolute Gasteiger partial charge is 0.260 e. The summed E-state index contributed by atoms with van der Waals surface area (Å²) in [5, 5.41) is 0.738. The van der Waals surface area contributed by atoms with E-state index in [1.54, 1.807) is 28.0 Å². The minimum absolute atomic E-state index is 0. The van der Waals surface area contributed by atoms with Crippen LogP contribution >= 0.6 is 35.5 Å². The average Bonchev–Trinajstić information content (AvgIpc) is 3.18. The van der Waals surface area contributed by atoms with Gasteiger partial charge in [-0.2, -0.15) is 0 Å². The van der Waals surface area contributed by atoms with Crippen LogP contribution in [0.4, 0.5) is 5.13 Å². The Hall–Kier alpha value is -1.80. The molecule has 1 heterocycles. The normalized spacial score (nSPS) is 10.9. The van der Waals surface area contributed by atoms with Crippen molar-refractivity contribution in [2.45, 2.75) is 24.7 Å². The molecule has 3 aromatic rings. The minimum atomic E-state index is -0.0401. The second kappa shape index (κ2) is 12.3. The lowest BCUT2D eigenvalue weighted by Gasteiger charge is -2.22. The van der Waals surface area contributed by atoms with Crippen LogP contribution in [0, 0.1) is 0 Å². The SMILES string of the molecule is CCCCOc1ccc(C(=O)N(CCN(C)C)c2nc3c(SC)cccc3s2)cc1.Cl. The van der Waals surface area contributed by atoms with Gasteiger partial charge in [0.05, 0.1) is 16.8 Å². The van der Waals surface area contributed by atoms with Crippen molar-refractivity contribution in [1.82, 2.24) is 9.88 Å². The first-order chi connectivity index (χ1) is 14.5. The highest BCUT2D eigenvalue weighted by Crippen LogP contribution is 2.34. The van der Waals surface area contributed by atoms with Gasteiger partial charge in [0.15, 0.2) is 5.13 Å². The van der Waals surface area contributed by atoms with Crippen molar-refractivity contribution >= 4 is 56.8 Å². The Kier molecular flexibility index (Phi) is 10.1. The zero-order valence-corrected chi connectivity index (χ0v) is 20.9. The fourth-order valence-corrected chi connectivity index (χ4v) is 4.60. The van der Waals surface area contributed by atoms with Gasteiger partial charge in [-0.1, -0.05) is 30.7 Å². The van der Waals surface area contributed by atoms with Crippen LogP contribution in [0.15, 0.2) is 47.4 Å². The molecule has 2 aromatic carbocycles. The van der Waals surface area contributed by atoms with Crippen LogP contribution in [0.2, 0.25) is 0 Å². The molecule has 1 amide bonds. The molecule has 0 atom stereocenters. The van der Waals surface area contributed by atoms with Crippen LogP contribution in [0.5, 0.6) is 5.75 Å². The highest BCUT2D eigenvalue weighted by molar-refractivity contribution is 7.98. The average molecular weight is 480 g/mol. The summed E-state index contributed by atoms with van der Waals surface area (Å²) in [5.74, 6) is 0.756. The third-order valence-corrected chi connectivity index (χ3v) is 6.52. The largest absolute Gasteiger partial charge is 0.494 e. The van der Waals surface area contributed by atoms with Gasteiger partial charge in [-0.3, -0.25) is 9.69 Å². The third kappa shape index (κ3) is 6.59. The molecule has 0 aliphatic heterocycles. The lowest BCUT2D eigenvalue weighted by Crippen LogP contribution is -2.36. The van der Waals surface area contributed by atoms with Gasteiger partial charge in [0.2, 0.25) is 0 Å². The lowest BCUT2D eigenvalue weighted by molar-refractivity contribution is 0.0985. The zero-order chi connectivity index (χ0) is 21.5. The number of likely N-dealkylation sites (N-methyl/N-ethyl adjacent to an activating group) is 1. The molecule has 168 valence electrons. The van der Waals surface area contributed by atoms with Crippen molar-refractivity contribution < 1.29 is 9.53 Å². The molecule has 0 fully saturated rings. The number of aromatic nitrogens is 1. The topological polar surface area (TPSA) is 45.7 Å². The Morgan fingerprint density at radius 1 is 1.13 bits per heavy atom. The number of hydrogen-bond donors (Lipinski definition) is 0. The van der Waals surface area contributed by atoms with Gasteiger partial charge in [-0.05, 0) is 63.2 Å². The summed E-state index contributed by atoms with van der Waals surface area (Å²) in [6.07, 6.45) is 4.17. The number of fused-ring (bicyclic) bond motifs is 1. The number of thioether (sulfide) groups is 1. The van der Waals surface area contributed by atoms with E-state index in [1.165, 1.54) is 0 Å². The van der Waals surface area contributed by atoms with Gasteiger partial charge in [0, 0.05) is 23.5 Å². The Morgan fingerprint density at radius 2 is 1.87 bits per heavy atom. The number of thiazole rings is 1. The zero-order valence-electron chi connectivity index (χ0n) is 18.5. The Morgan fingerprint density at radius 3 is 2.52 bits per heavy atom. The molecule has 0 aliphatic rings. The second-order valence-corrected chi connectivity index (χ2v) is 9.15. The van der Waals surface area contributed by atoms with Gasteiger partial charge in [-0.25, -0.2) is 4.98 Å². The van der Waals surface area contributed by atoms with Crippen molar-refractivity contribution in [2.24, 2.45) is 0 Å². The summed E-state index contributed by atoms with van der Waals surface area (Å²) in [7, 11) is 4.02. The van der Waals surface area contributed by atoms with Crippen molar-refractivity contribution in [1.29, 1.82) is 0 Å². The van der Waals surface area contributed by atoms with Crippen LogP contribution in [0.25, 0.3) is 10.2 Å². The third-order valence-electron chi connectivity index (χ3n) is 4.71. The molecular weight excluding hydrogens is 450 g/mol. The van der Waals surface area contributed by atoms with Gasteiger partial charge >= 0.3 is 0 Å². The fourth-order valence-electron chi connectivity index (χ4n) is 2.96. The molecule has 0 N–H and O–H groups in total. The number of halogens is 1. The maximum Gasteiger partial charge on any atom is 0.260 e. The van der Waals surface area contributed by atoms with Crippen LogP contribution in [0.3, 0.4) is 0 Å². The van der Waals surface area contributed by atoms with Crippen LogP contribution < -0.4 is 9.64 Å². The summed E-state index contributed by atoms with van der Waals surface area (Å²) in [6.45, 7) is 4.17. The molecule has 1 aromatic heterocycles. The number of rotatable bonds is 10. The molecular formula is C23H30ClN3O2S2. The van der Waals surface area contributed by atoms with Crippen LogP contribution in [-0.4, -0.2) is 55.8 Å². The van der Waals surface area contributed by atoms with E-state index >= 15 is 0 Å². The van der Waals surface area contributed by atoms with E-state index < -0.39 is 0 Å². The molecule has 0 unspecified atom stereocenters. The molecule has 31 heavy (non-hydrogen) atoms. The molecule has 0 radical (unpaired) electrons. The van der Waals surface area contributed by atoms with E-state index in [1.807, 2.05) is 50.7 Å². The fraction of sp³-hybridized carbons (Fsp3) is 0.391. The molecule has 3 rings (SSSR count). The number of hydrogen-bond acceptors (Lipinski definition) is 6. The molecule has 0 aliphatic carbocycles. The first kappa shape index (κ1) is 25.5. The quantitative estimate of drug-likeness (QED) is 0.270. The van der Waals surface area contributed by atoms with Crippen molar-refractivity contribution in [3.8, 4) is 5.75 Å². The van der Waals surface area contributed by atoms with Crippen molar-refractivity contribution in [2.75, 3.05) is 44.9 Å². The van der Waals surface area contributed by atoms with E-state index in [-0.39, 0.29) is 18.3 Å². The Labute approximate surface area is 199 Å². The highest BCUT2D eigenvalue weighted by atomic mass is 35.5. The first-order valence-corrected chi connectivity index (χ1v) is 12.2. The number of amides is 1. The Balaban J connectivity index is 0.00000341. The van der Waals surface area contributed by atoms with Gasteiger partial charge < -0.3 is 9.64 Å². The van der Waals surface area contributed by atoms with Gasteiger partial charge in [0.1, 0.15) is 5.75 Å². The van der Waals surface area contributed by atoms with Crippen LogP contribution in [-0.2, 0) is 0 Å². The summed E-state index contributed by atoms with van der Waals surface area (Å²) in [5.41, 5.74) is 1.60. The molecule has 8 heteroatoms. The number of carbonyl (C=O) groups is 1. The van der Waals surface area contributed by atoms with Crippen molar-refractivity contribution in [3.05, 3.63) is 48.0 Å². The van der Waals surface area contributed by atoms with E-state index in [9.17, 15) is 4.79 Å². The van der Waals surface area contributed by atoms with E-state index in [0.717, 1.165) is 45.4 Å². The molecule has 0 spiro atoms. The van der Waals surface area contributed by atoms with E-state index in [2.05, 4.69) is 24.0 Å². The summed E-state index contributed by atoms with van der Waals surface area (Å²) in [4.78, 5) is 23.2. The minimum Gasteiger partial charge on any atom is -0.494 e. The molecule has 0 saturated carbocycles. The first-order valence-electron chi connectivity index (χ1n) is 10.2. The van der Waals surface area contributed by atoms with Crippen LogP contribution in [0.1, 0.15) is 30.1 Å². The predicted octanol–water partition coefficient (Wildman–Crippen LogP) is 5.83. The summed E-state index contributed by atoms with van der Waals surface area (Å²) >= 11 is 3.24. The summed E-state index contributed by atoms with van der Waals surface area (Å²) in [6, 6.07) is 13.6. The number of anilines is 1. The molecule has 0 bridgehead atoms. The second-order valence-electron chi connectivity index (χ2n) is 7.29. The van der Waals surface area contributed by atoms with E-state index in [0.29, 0.717) is 18.7 Å². The summed E-state index contributed by atoms with van der Waals surface area (Å²) < 4.78 is 6.82. The van der Waals surface area contributed by atoms with Crippen molar-refractivity contribution in [3.63, 3.8) is 0 Å². The number of para-hydroxylation sites is 1. The standard InChI is InChI=1S/C23H29N3O2S2.ClH/c1-5-6-16-28-18-12-10-17(11-13-18)22(27)26(15-14-25(2)3)23-24-21-19(29-4)8-7-9-20(21)30-23;/h7-13H,5-6,14-16H2,1-4H3;1H. The number of unbranched alkanes of at least 4 members (excludes halogenated alkanes) is 1. The van der Waals surface area contributed by atoms with Gasteiger partial charge in [0.25, 0.3) is 5.91 Å². The number of nitrogens with zero attached hydrogens (tertiary/aromatic N) is 3. The number of ether oxygens (including phenoxy) is 1. The molecule has 5 nitrogen and oxygen atoms in total. The highest BCUT2D eigenvalue weighted by Gasteiger charge is 2.22. The predicted molar refractivity (Wildman–Crippen MR) is 136 cm³/mol. The molecule has 0 saturated heterocycles. The number of carbonyl (C=O) groups excluding carboxylic acids is 1. The lowest BCUT2D eigenvalue weighted by atomic mass is 10.2. The van der Waals surface area contributed by atoms with Gasteiger partial charge in [-0.15, -0.1) is 24.2 Å². The Bertz CT molecular complexity index is 977. The maximum absolute atomic E-state index is 13.4. The number of benzene rings is 2. The maximum atomic E-state index is 13.4. The van der Waals surface area contributed by atoms with E-state index in [4.69, 9.17) is 9.72 Å². The monoisotopic (exact) mass is 479 g/mol.